The van der Waals surface area contributed by atoms with E-state index in [9.17, 15) is 5.11 Å². The van der Waals surface area contributed by atoms with Crippen molar-refractivity contribution in [1.82, 2.24) is 14.5 Å². The van der Waals surface area contributed by atoms with E-state index >= 15 is 0 Å². The highest BCUT2D eigenvalue weighted by Crippen LogP contribution is 2.28. The van der Waals surface area contributed by atoms with E-state index in [4.69, 9.17) is 21.1 Å². The summed E-state index contributed by atoms with van der Waals surface area (Å²) in [6, 6.07) is 12.1. The standard InChI is InChI=1S/C28H36ClN3O3/c1-4-26-30-10-12-32(26)13-14-34-24-8-5-7-23(17-24)18-31-11-6-9-28(33,19-31)20-35-25-15-21(2)27(29)22(3)16-25/h5,7-8,10,12,15-17,33H,4,6,9,11,13-14,18-20H2,1-3H3. The van der Waals surface area contributed by atoms with Crippen LogP contribution in [0, 0.1) is 13.8 Å². The average Bonchev–Trinajstić information content (AvgIpc) is 3.29. The summed E-state index contributed by atoms with van der Waals surface area (Å²) in [5, 5.41) is 12.0. The number of halogens is 1. The Hall–Kier alpha value is -2.54. The van der Waals surface area contributed by atoms with Gasteiger partial charge in [-0.2, -0.15) is 0 Å². The van der Waals surface area contributed by atoms with Gasteiger partial charge in [-0.05, 0) is 74.2 Å². The first-order chi connectivity index (χ1) is 16.8. The van der Waals surface area contributed by atoms with Crippen molar-refractivity contribution < 1.29 is 14.6 Å². The van der Waals surface area contributed by atoms with Crippen LogP contribution in [0.25, 0.3) is 0 Å². The molecule has 0 spiro atoms. The molecule has 6 nitrogen and oxygen atoms in total. The third kappa shape index (κ3) is 6.78. The number of imidazole rings is 1. The molecule has 0 saturated carbocycles. The Kier molecular flexibility index (Phi) is 8.37. The zero-order valence-corrected chi connectivity index (χ0v) is 21.7. The second kappa shape index (κ2) is 11.5. The van der Waals surface area contributed by atoms with Crippen LogP contribution in [0.15, 0.2) is 48.8 Å². The fourth-order valence-electron chi connectivity index (χ4n) is 4.78. The summed E-state index contributed by atoms with van der Waals surface area (Å²) < 4.78 is 14.2. The summed E-state index contributed by atoms with van der Waals surface area (Å²) in [7, 11) is 0. The molecular weight excluding hydrogens is 462 g/mol. The minimum absolute atomic E-state index is 0.265. The lowest BCUT2D eigenvalue weighted by Gasteiger charge is -2.39. The first-order valence-electron chi connectivity index (χ1n) is 12.4. The van der Waals surface area contributed by atoms with Gasteiger partial charge < -0.3 is 19.1 Å². The summed E-state index contributed by atoms with van der Waals surface area (Å²) in [4.78, 5) is 6.65. The predicted octanol–water partition coefficient (Wildman–Crippen LogP) is 5.20. The zero-order chi connectivity index (χ0) is 24.8. The number of nitrogens with zero attached hydrogens (tertiary/aromatic N) is 3. The second-order valence-corrected chi connectivity index (χ2v) is 9.96. The van der Waals surface area contributed by atoms with Gasteiger partial charge in [0.15, 0.2) is 0 Å². The molecule has 1 unspecified atom stereocenters. The first kappa shape index (κ1) is 25.5. The highest BCUT2D eigenvalue weighted by molar-refractivity contribution is 6.32. The number of benzene rings is 2. The van der Waals surface area contributed by atoms with Crippen molar-refractivity contribution >= 4 is 11.6 Å². The van der Waals surface area contributed by atoms with Crippen molar-refractivity contribution in [3.63, 3.8) is 0 Å². The maximum atomic E-state index is 11.3. The van der Waals surface area contributed by atoms with E-state index < -0.39 is 5.60 Å². The van der Waals surface area contributed by atoms with Gasteiger partial charge in [0.25, 0.3) is 0 Å². The molecule has 1 aromatic heterocycles. The molecule has 1 fully saturated rings. The van der Waals surface area contributed by atoms with Crippen molar-refractivity contribution in [3.8, 4) is 11.5 Å². The Bertz CT molecular complexity index is 1110. The van der Waals surface area contributed by atoms with Crippen LogP contribution in [0.3, 0.4) is 0 Å². The van der Waals surface area contributed by atoms with Crippen molar-refractivity contribution in [2.75, 3.05) is 26.3 Å². The van der Waals surface area contributed by atoms with Gasteiger partial charge in [-0.25, -0.2) is 4.98 Å². The van der Waals surface area contributed by atoms with Crippen LogP contribution in [-0.4, -0.2) is 51.5 Å². The molecule has 1 atom stereocenters. The second-order valence-electron chi connectivity index (χ2n) is 9.58. The summed E-state index contributed by atoms with van der Waals surface area (Å²) in [5.41, 5.74) is 2.26. The molecule has 35 heavy (non-hydrogen) atoms. The minimum Gasteiger partial charge on any atom is -0.492 e. The number of likely N-dealkylation sites (tertiary alicyclic amines) is 1. The fourth-order valence-corrected chi connectivity index (χ4v) is 4.89. The van der Waals surface area contributed by atoms with Crippen molar-refractivity contribution in [2.24, 2.45) is 0 Å². The summed E-state index contributed by atoms with van der Waals surface area (Å²) >= 11 is 6.27. The van der Waals surface area contributed by atoms with Gasteiger partial charge in [0.1, 0.15) is 36.1 Å². The normalized spacial score (nSPS) is 18.5. The molecule has 2 aromatic carbocycles. The number of hydrogen-bond acceptors (Lipinski definition) is 5. The number of aliphatic hydroxyl groups is 1. The molecule has 1 aliphatic heterocycles. The van der Waals surface area contributed by atoms with Crippen molar-refractivity contribution in [1.29, 1.82) is 0 Å². The highest BCUT2D eigenvalue weighted by Gasteiger charge is 2.34. The van der Waals surface area contributed by atoms with E-state index in [-0.39, 0.29) is 6.61 Å². The average molecular weight is 498 g/mol. The van der Waals surface area contributed by atoms with Crippen LogP contribution in [0.2, 0.25) is 5.02 Å². The van der Waals surface area contributed by atoms with Crippen LogP contribution in [-0.2, 0) is 19.5 Å². The lowest BCUT2D eigenvalue weighted by molar-refractivity contribution is -0.0621. The number of hydrogen-bond donors (Lipinski definition) is 1. The van der Waals surface area contributed by atoms with Crippen LogP contribution in [0.5, 0.6) is 11.5 Å². The third-order valence-corrected chi connectivity index (χ3v) is 7.17. The fraction of sp³-hybridized carbons (Fsp3) is 0.464. The van der Waals surface area contributed by atoms with Gasteiger partial charge in [0.05, 0.1) is 6.54 Å². The highest BCUT2D eigenvalue weighted by atomic mass is 35.5. The maximum Gasteiger partial charge on any atom is 0.120 e. The Morgan fingerprint density at radius 3 is 2.69 bits per heavy atom. The van der Waals surface area contributed by atoms with Gasteiger partial charge in [-0.3, -0.25) is 4.90 Å². The van der Waals surface area contributed by atoms with Gasteiger partial charge >= 0.3 is 0 Å². The smallest absolute Gasteiger partial charge is 0.120 e. The van der Waals surface area contributed by atoms with Crippen LogP contribution in [0.4, 0.5) is 0 Å². The third-order valence-electron chi connectivity index (χ3n) is 6.58. The van der Waals surface area contributed by atoms with E-state index in [2.05, 4.69) is 33.5 Å². The number of β-amino-alcohol motifs (C(OH)–C–C–N with tert-alkyl or cyclic N) is 1. The first-order valence-corrected chi connectivity index (χ1v) is 12.8. The van der Waals surface area contributed by atoms with Crippen molar-refractivity contribution in [3.05, 3.63) is 76.3 Å². The van der Waals surface area contributed by atoms with Gasteiger partial charge in [-0.15, -0.1) is 0 Å². The Morgan fingerprint density at radius 1 is 1.11 bits per heavy atom. The Labute approximate surface area is 213 Å². The van der Waals surface area contributed by atoms with Crippen LogP contribution >= 0.6 is 11.6 Å². The maximum absolute atomic E-state index is 11.3. The van der Waals surface area contributed by atoms with Crippen LogP contribution in [0.1, 0.15) is 42.3 Å². The van der Waals surface area contributed by atoms with E-state index in [0.717, 1.165) is 72.4 Å². The number of aryl methyl sites for hydroxylation is 3. The number of ether oxygens (including phenoxy) is 2. The lowest BCUT2D eigenvalue weighted by atomic mass is 9.93. The molecular formula is C28H36ClN3O3. The molecule has 4 rings (SSSR count). The molecule has 0 bridgehead atoms. The lowest BCUT2D eigenvalue weighted by Crippen LogP contribution is -2.51. The largest absolute Gasteiger partial charge is 0.492 e. The molecule has 1 N–H and O–H groups in total. The SMILES string of the molecule is CCc1nccn1CCOc1cccc(CN2CCCC(O)(COc3cc(C)c(Cl)c(C)c3)C2)c1. The molecule has 0 amide bonds. The zero-order valence-electron chi connectivity index (χ0n) is 21.0. The van der Waals surface area contributed by atoms with E-state index in [1.165, 1.54) is 5.56 Å². The van der Waals surface area contributed by atoms with Gasteiger partial charge in [0, 0.05) is 36.9 Å². The quantitative estimate of drug-likeness (QED) is 0.417. The molecule has 1 saturated heterocycles. The predicted molar refractivity (Wildman–Crippen MR) is 139 cm³/mol. The van der Waals surface area contributed by atoms with E-state index in [0.29, 0.717) is 13.2 Å². The van der Waals surface area contributed by atoms with Gasteiger partial charge in [0.2, 0.25) is 0 Å². The molecule has 2 heterocycles. The monoisotopic (exact) mass is 497 g/mol. The number of aromatic nitrogens is 2. The Morgan fingerprint density at radius 2 is 1.91 bits per heavy atom. The minimum atomic E-state index is -0.879. The van der Waals surface area contributed by atoms with E-state index in [1.54, 1.807) is 0 Å². The summed E-state index contributed by atoms with van der Waals surface area (Å²) in [6.45, 7) is 9.97. The van der Waals surface area contributed by atoms with E-state index in [1.807, 2.05) is 50.5 Å². The molecule has 0 aliphatic carbocycles. The summed E-state index contributed by atoms with van der Waals surface area (Å²) in [6.07, 6.45) is 6.40. The molecule has 0 radical (unpaired) electrons. The number of rotatable bonds is 10. The topological polar surface area (TPSA) is 59.8 Å². The van der Waals surface area contributed by atoms with Crippen molar-refractivity contribution in [2.45, 2.75) is 58.7 Å². The summed E-state index contributed by atoms with van der Waals surface area (Å²) in [5.74, 6) is 2.69. The molecule has 1 aliphatic rings. The number of piperidine rings is 1. The van der Waals surface area contributed by atoms with Crippen LogP contribution < -0.4 is 9.47 Å². The van der Waals surface area contributed by atoms with Gasteiger partial charge in [-0.1, -0.05) is 30.7 Å². The Balaban J connectivity index is 1.30. The molecule has 7 heteroatoms. The molecule has 188 valence electrons. The molecule has 3 aromatic rings.